The number of fused-ring (bicyclic) bond motifs is 12. The molecule has 2 atom stereocenters. The molecular formula is C55H42O. The lowest BCUT2D eigenvalue weighted by Gasteiger charge is -2.38. The summed E-state index contributed by atoms with van der Waals surface area (Å²) in [5.74, 6) is 0.469. The van der Waals surface area contributed by atoms with Crippen molar-refractivity contribution in [1.82, 2.24) is 0 Å². The van der Waals surface area contributed by atoms with Crippen molar-refractivity contribution in [3.05, 3.63) is 183 Å². The first kappa shape index (κ1) is 32.1. The topological polar surface area (TPSA) is 13.1 Å². The van der Waals surface area contributed by atoms with Crippen LogP contribution in [0, 0.1) is 5.92 Å². The molecule has 0 saturated heterocycles. The van der Waals surface area contributed by atoms with Crippen molar-refractivity contribution >= 4 is 72.9 Å². The highest BCUT2D eigenvalue weighted by Crippen LogP contribution is 2.61. The smallest absolute Gasteiger partial charge is 0.142 e. The van der Waals surface area contributed by atoms with Gasteiger partial charge in [0.15, 0.2) is 0 Å². The number of benzene rings is 7. The highest BCUT2D eigenvalue weighted by Gasteiger charge is 2.51. The van der Waals surface area contributed by atoms with E-state index in [1.165, 1.54) is 98.4 Å². The zero-order chi connectivity index (χ0) is 37.1. The van der Waals surface area contributed by atoms with Crippen LogP contribution < -0.4 is 10.4 Å². The van der Waals surface area contributed by atoms with Crippen LogP contribution in [0.15, 0.2) is 144 Å². The minimum absolute atomic E-state index is 0.0896. The molecule has 4 aliphatic rings. The standard InChI is InChI=1S/C55H42O/c1-55(2)48-26-14-12-25-45(48)52-43-30-31-44-37-20-13-15-27-49(37)56-54(44)46(43)32-47(53(52)55)51-40-23-10-8-21-38(40)50(39-22-9-11-24-41(39)51)42-29-28-34(33-16-4-3-5-17-33)35-18-6-7-19-36(35)42/h3-4,6-8,10,12-16,18-32,52-53H,5,9,11,17H2,1-2H3. The van der Waals surface area contributed by atoms with Gasteiger partial charge in [-0.2, -0.15) is 0 Å². The van der Waals surface area contributed by atoms with Crippen LogP contribution in [0.2, 0.25) is 0 Å². The Balaban J connectivity index is 1.19. The number of allylic oxidation sites excluding steroid dienone is 5. The summed E-state index contributed by atoms with van der Waals surface area (Å²) in [6, 6.07) is 45.7. The highest BCUT2D eigenvalue weighted by molar-refractivity contribution is 6.14. The number of hydrogen-bond acceptors (Lipinski definition) is 1. The molecule has 0 amide bonds. The Hall–Kier alpha value is -6.18. The molecule has 0 aliphatic heterocycles. The molecule has 1 heteroatoms. The van der Waals surface area contributed by atoms with Crippen LogP contribution in [-0.2, 0) is 5.41 Å². The van der Waals surface area contributed by atoms with Crippen molar-refractivity contribution in [3.63, 3.8) is 0 Å². The average molecular weight is 719 g/mol. The van der Waals surface area contributed by atoms with Crippen LogP contribution >= 0.6 is 0 Å². The van der Waals surface area contributed by atoms with E-state index in [-0.39, 0.29) is 17.3 Å². The molecular weight excluding hydrogens is 677 g/mol. The molecule has 0 N–H and O–H groups in total. The van der Waals surface area contributed by atoms with Gasteiger partial charge in [-0.05, 0) is 125 Å². The van der Waals surface area contributed by atoms with E-state index in [1.807, 2.05) is 0 Å². The van der Waals surface area contributed by atoms with E-state index < -0.39 is 0 Å². The predicted molar refractivity (Wildman–Crippen MR) is 237 cm³/mol. The third-order valence-corrected chi connectivity index (χ3v) is 13.7. The summed E-state index contributed by atoms with van der Waals surface area (Å²) >= 11 is 0. The first-order valence-electron chi connectivity index (χ1n) is 20.5. The fourth-order valence-electron chi connectivity index (χ4n) is 11.3. The normalized spacial score (nSPS) is 19.2. The lowest BCUT2D eigenvalue weighted by molar-refractivity contribution is 0.403. The third-order valence-electron chi connectivity index (χ3n) is 13.7. The lowest BCUT2D eigenvalue weighted by atomic mass is 9.64. The maximum Gasteiger partial charge on any atom is 0.142 e. The van der Waals surface area contributed by atoms with Gasteiger partial charge in [0.25, 0.3) is 0 Å². The van der Waals surface area contributed by atoms with Gasteiger partial charge in [0.1, 0.15) is 11.2 Å². The molecule has 4 aliphatic carbocycles. The molecule has 0 bridgehead atoms. The van der Waals surface area contributed by atoms with Crippen LogP contribution in [0.25, 0.3) is 84.0 Å². The molecule has 7 aromatic carbocycles. The second kappa shape index (κ2) is 11.9. The van der Waals surface area contributed by atoms with Crippen LogP contribution in [0.4, 0.5) is 0 Å². The maximum absolute atomic E-state index is 6.83. The Bertz CT molecular complexity index is 3230. The summed E-state index contributed by atoms with van der Waals surface area (Å²) in [5, 5.41) is 10.4. The van der Waals surface area contributed by atoms with Gasteiger partial charge in [-0.25, -0.2) is 0 Å². The molecule has 2 unspecified atom stereocenters. The lowest BCUT2D eigenvalue weighted by Crippen LogP contribution is -2.37. The second-order valence-corrected chi connectivity index (χ2v) is 16.9. The first-order chi connectivity index (χ1) is 27.6. The predicted octanol–water partition coefficient (Wildman–Crippen LogP) is 13.2. The molecule has 1 nitrogen and oxygen atoms in total. The zero-order valence-electron chi connectivity index (χ0n) is 31.9. The second-order valence-electron chi connectivity index (χ2n) is 16.9. The number of para-hydroxylation sites is 1. The van der Waals surface area contributed by atoms with E-state index in [0.29, 0.717) is 0 Å². The first-order valence-corrected chi connectivity index (χ1v) is 20.5. The van der Waals surface area contributed by atoms with Crippen LogP contribution in [0.3, 0.4) is 0 Å². The van der Waals surface area contributed by atoms with Gasteiger partial charge in [0, 0.05) is 28.2 Å². The fourth-order valence-corrected chi connectivity index (χ4v) is 11.3. The van der Waals surface area contributed by atoms with Crippen molar-refractivity contribution in [3.8, 4) is 11.1 Å². The molecule has 8 aromatic rings. The maximum atomic E-state index is 6.83. The molecule has 0 radical (unpaired) electrons. The van der Waals surface area contributed by atoms with E-state index in [4.69, 9.17) is 4.42 Å². The van der Waals surface area contributed by atoms with E-state index in [1.54, 1.807) is 0 Å². The summed E-state index contributed by atoms with van der Waals surface area (Å²) in [5.41, 5.74) is 15.7. The van der Waals surface area contributed by atoms with E-state index in [9.17, 15) is 0 Å². The van der Waals surface area contributed by atoms with E-state index in [0.717, 1.165) is 36.8 Å². The summed E-state index contributed by atoms with van der Waals surface area (Å²) in [4.78, 5) is 0. The van der Waals surface area contributed by atoms with Gasteiger partial charge in [0.05, 0.1) is 0 Å². The quantitative estimate of drug-likeness (QED) is 0.177. The van der Waals surface area contributed by atoms with E-state index >= 15 is 0 Å². The Labute approximate surface area is 327 Å². The average Bonchev–Trinajstić information content (AvgIpc) is 3.75. The van der Waals surface area contributed by atoms with E-state index in [2.05, 4.69) is 172 Å². The Morgan fingerprint density at radius 1 is 0.571 bits per heavy atom. The molecule has 0 saturated carbocycles. The van der Waals surface area contributed by atoms with Gasteiger partial charge in [0.2, 0.25) is 0 Å². The Morgan fingerprint density at radius 2 is 1.23 bits per heavy atom. The van der Waals surface area contributed by atoms with Crippen molar-refractivity contribution in [2.75, 3.05) is 0 Å². The minimum Gasteiger partial charge on any atom is -0.455 e. The van der Waals surface area contributed by atoms with Crippen molar-refractivity contribution < 1.29 is 4.42 Å². The van der Waals surface area contributed by atoms with Crippen LogP contribution in [0.1, 0.15) is 78.8 Å². The van der Waals surface area contributed by atoms with Gasteiger partial charge in [-0.3, -0.25) is 0 Å². The molecule has 0 spiro atoms. The SMILES string of the molecule is CC1(C)c2ccccc2C2c3ccc4c(oc5ccccc54)c3C=C(c3c4c(c(-c5ccc(C6=CC=CCC6)c6ccccc56)c5ccccc35)=CCCC=4)C21. The number of hydrogen-bond donors (Lipinski definition) is 0. The summed E-state index contributed by atoms with van der Waals surface area (Å²) < 4.78 is 6.83. The summed E-state index contributed by atoms with van der Waals surface area (Å²) in [6.45, 7) is 4.97. The van der Waals surface area contributed by atoms with Crippen molar-refractivity contribution in [2.24, 2.45) is 5.92 Å². The zero-order valence-corrected chi connectivity index (χ0v) is 31.9. The third kappa shape index (κ3) is 4.37. The number of rotatable bonds is 3. The monoisotopic (exact) mass is 718 g/mol. The van der Waals surface area contributed by atoms with Gasteiger partial charge < -0.3 is 4.42 Å². The Morgan fingerprint density at radius 3 is 2.02 bits per heavy atom. The van der Waals surface area contributed by atoms with Gasteiger partial charge in [-0.1, -0.05) is 159 Å². The molecule has 0 fully saturated rings. The fraction of sp³-hybridized carbons (Fsp3) is 0.164. The summed E-state index contributed by atoms with van der Waals surface area (Å²) in [6.07, 6.45) is 18.7. The summed E-state index contributed by atoms with van der Waals surface area (Å²) in [7, 11) is 0. The largest absolute Gasteiger partial charge is 0.455 e. The van der Waals surface area contributed by atoms with Gasteiger partial charge in [-0.15, -0.1) is 0 Å². The molecule has 56 heavy (non-hydrogen) atoms. The highest BCUT2D eigenvalue weighted by atomic mass is 16.3. The molecule has 1 heterocycles. The molecule has 1 aromatic heterocycles. The van der Waals surface area contributed by atoms with Crippen molar-refractivity contribution in [1.29, 1.82) is 0 Å². The van der Waals surface area contributed by atoms with Crippen LogP contribution in [-0.4, -0.2) is 0 Å². The van der Waals surface area contributed by atoms with Gasteiger partial charge >= 0.3 is 0 Å². The number of furan rings is 1. The minimum atomic E-state index is -0.0896. The van der Waals surface area contributed by atoms with Crippen LogP contribution in [0.5, 0.6) is 0 Å². The molecule has 268 valence electrons. The van der Waals surface area contributed by atoms with Crippen molar-refractivity contribution in [2.45, 2.75) is 50.9 Å². The molecule has 12 rings (SSSR count). The Kier molecular flexibility index (Phi) is 6.83.